The molecular formula is C15H10BrO2-. The molecule has 0 fully saturated rings. The van der Waals surface area contributed by atoms with E-state index >= 15 is 0 Å². The summed E-state index contributed by atoms with van der Waals surface area (Å²) in [6.45, 7) is 0. The first-order valence-corrected chi connectivity index (χ1v) is 6.19. The van der Waals surface area contributed by atoms with Crippen LogP contribution in [0.25, 0.3) is 12.2 Å². The lowest BCUT2D eigenvalue weighted by Crippen LogP contribution is -2.22. The highest BCUT2D eigenvalue weighted by Crippen LogP contribution is 2.14. The highest BCUT2D eigenvalue weighted by atomic mass is 79.9. The SMILES string of the molecule is O=C([O-])c1cccc(/C=C/c2cccc(Br)c2)c1. The topological polar surface area (TPSA) is 40.1 Å². The van der Waals surface area contributed by atoms with Crippen molar-refractivity contribution < 1.29 is 9.90 Å². The van der Waals surface area contributed by atoms with Crippen LogP contribution < -0.4 is 5.11 Å². The highest BCUT2D eigenvalue weighted by Gasteiger charge is 1.94. The summed E-state index contributed by atoms with van der Waals surface area (Å²) in [5, 5.41) is 10.7. The number of aromatic carboxylic acids is 1. The van der Waals surface area contributed by atoms with Crippen LogP contribution in [0.15, 0.2) is 53.0 Å². The van der Waals surface area contributed by atoms with Crippen LogP contribution in [0.5, 0.6) is 0 Å². The van der Waals surface area contributed by atoms with Gasteiger partial charge >= 0.3 is 0 Å². The summed E-state index contributed by atoms with van der Waals surface area (Å²) < 4.78 is 1.01. The molecule has 0 spiro atoms. The van der Waals surface area contributed by atoms with Crippen LogP contribution in [-0.2, 0) is 0 Å². The van der Waals surface area contributed by atoms with Crippen LogP contribution in [0.3, 0.4) is 0 Å². The third kappa shape index (κ3) is 3.31. The molecule has 0 radical (unpaired) electrons. The molecule has 0 unspecified atom stereocenters. The highest BCUT2D eigenvalue weighted by molar-refractivity contribution is 9.10. The Labute approximate surface area is 114 Å². The summed E-state index contributed by atoms with van der Waals surface area (Å²) in [4.78, 5) is 10.7. The van der Waals surface area contributed by atoms with E-state index < -0.39 is 5.97 Å². The van der Waals surface area contributed by atoms with Crippen molar-refractivity contribution in [3.05, 3.63) is 69.7 Å². The molecule has 2 nitrogen and oxygen atoms in total. The van der Waals surface area contributed by atoms with Gasteiger partial charge in [0.15, 0.2) is 0 Å². The van der Waals surface area contributed by atoms with Gasteiger partial charge in [-0.05, 0) is 34.9 Å². The molecule has 2 aromatic carbocycles. The zero-order chi connectivity index (χ0) is 13.0. The molecule has 90 valence electrons. The predicted molar refractivity (Wildman–Crippen MR) is 73.8 cm³/mol. The molecule has 0 aromatic heterocycles. The molecule has 0 atom stereocenters. The van der Waals surface area contributed by atoms with Gasteiger partial charge in [0, 0.05) is 4.47 Å². The van der Waals surface area contributed by atoms with E-state index in [1.54, 1.807) is 12.1 Å². The Morgan fingerprint density at radius 3 is 2.22 bits per heavy atom. The van der Waals surface area contributed by atoms with Crippen LogP contribution in [0.2, 0.25) is 0 Å². The summed E-state index contributed by atoms with van der Waals surface area (Å²) in [6, 6.07) is 14.5. The average Bonchev–Trinajstić information content (AvgIpc) is 2.37. The Bertz CT molecular complexity index is 603. The minimum Gasteiger partial charge on any atom is -0.545 e. The number of rotatable bonds is 3. The van der Waals surface area contributed by atoms with E-state index in [0.717, 1.165) is 15.6 Å². The van der Waals surface area contributed by atoms with E-state index in [0.29, 0.717) is 0 Å². The monoisotopic (exact) mass is 301 g/mol. The first kappa shape index (κ1) is 12.6. The molecule has 2 aromatic rings. The van der Waals surface area contributed by atoms with Gasteiger partial charge in [0.1, 0.15) is 0 Å². The average molecular weight is 302 g/mol. The van der Waals surface area contributed by atoms with Gasteiger partial charge < -0.3 is 9.90 Å². The van der Waals surface area contributed by atoms with E-state index in [2.05, 4.69) is 15.9 Å². The molecule has 0 aliphatic carbocycles. The zero-order valence-electron chi connectivity index (χ0n) is 9.47. The molecule has 0 heterocycles. The lowest BCUT2D eigenvalue weighted by molar-refractivity contribution is -0.255. The maximum absolute atomic E-state index is 10.7. The maximum Gasteiger partial charge on any atom is 0.0715 e. The van der Waals surface area contributed by atoms with Crippen molar-refractivity contribution in [1.82, 2.24) is 0 Å². The first-order chi connectivity index (χ1) is 8.65. The van der Waals surface area contributed by atoms with Crippen molar-refractivity contribution in [2.75, 3.05) is 0 Å². The van der Waals surface area contributed by atoms with Gasteiger partial charge in [-0.3, -0.25) is 0 Å². The first-order valence-electron chi connectivity index (χ1n) is 5.40. The van der Waals surface area contributed by atoms with Crippen molar-refractivity contribution in [2.24, 2.45) is 0 Å². The number of carbonyl (C=O) groups excluding carboxylic acids is 1. The predicted octanol–water partition coefficient (Wildman–Crippen LogP) is 2.98. The summed E-state index contributed by atoms with van der Waals surface area (Å²) in [6.07, 6.45) is 3.80. The van der Waals surface area contributed by atoms with Crippen LogP contribution in [-0.4, -0.2) is 5.97 Å². The molecule has 0 bridgehead atoms. The number of hydrogen-bond donors (Lipinski definition) is 0. The Hall–Kier alpha value is -1.87. The molecule has 0 saturated carbocycles. The molecule has 2 rings (SSSR count). The van der Waals surface area contributed by atoms with E-state index in [-0.39, 0.29) is 5.56 Å². The second kappa shape index (κ2) is 5.65. The van der Waals surface area contributed by atoms with Gasteiger partial charge in [0.25, 0.3) is 0 Å². The van der Waals surface area contributed by atoms with Crippen molar-refractivity contribution in [3.63, 3.8) is 0 Å². The van der Waals surface area contributed by atoms with Crippen LogP contribution in [0, 0.1) is 0 Å². The minimum absolute atomic E-state index is 0.186. The normalized spacial score (nSPS) is 10.7. The summed E-state index contributed by atoms with van der Waals surface area (Å²) >= 11 is 3.40. The standard InChI is InChI=1S/C15H11BrO2/c16-14-6-2-4-12(10-14)8-7-11-3-1-5-13(9-11)15(17)18/h1-10H,(H,17,18)/p-1/b8-7+. The smallest absolute Gasteiger partial charge is 0.0715 e. The Kier molecular flexibility index (Phi) is 3.95. The van der Waals surface area contributed by atoms with Crippen LogP contribution in [0.1, 0.15) is 21.5 Å². The lowest BCUT2D eigenvalue weighted by atomic mass is 10.1. The van der Waals surface area contributed by atoms with E-state index in [1.807, 2.05) is 42.5 Å². The van der Waals surface area contributed by atoms with Gasteiger partial charge in [-0.25, -0.2) is 0 Å². The van der Waals surface area contributed by atoms with Crippen LogP contribution >= 0.6 is 15.9 Å². The molecule has 0 N–H and O–H groups in total. The number of carbonyl (C=O) groups is 1. The third-order valence-electron chi connectivity index (χ3n) is 2.44. The Balaban J connectivity index is 2.23. The number of benzene rings is 2. The fraction of sp³-hybridized carbons (Fsp3) is 0. The summed E-state index contributed by atoms with van der Waals surface area (Å²) in [7, 11) is 0. The van der Waals surface area contributed by atoms with Gasteiger partial charge in [-0.2, -0.15) is 0 Å². The van der Waals surface area contributed by atoms with E-state index in [9.17, 15) is 9.90 Å². The zero-order valence-corrected chi connectivity index (χ0v) is 11.1. The molecular weight excluding hydrogens is 292 g/mol. The summed E-state index contributed by atoms with van der Waals surface area (Å²) in [5.41, 5.74) is 2.06. The molecule has 18 heavy (non-hydrogen) atoms. The number of carboxylic acid groups (broad SMARTS) is 1. The van der Waals surface area contributed by atoms with Crippen LogP contribution in [0.4, 0.5) is 0 Å². The number of hydrogen-bond acceptors (Lipinski definition) is 2. The lowest BCUT2D eigenvalue weighted by Gasteiger charge is -2.02. The summed E-state index contributed by atoms with van der Waals surface area (Å²) in [5.74, 6) is -1.16. The Morgan fingerprint density at radius 1 is 1.00 bits per heavy atom. The molecule has 0 aliphatic rings. The fourth-order valence-corrected chi connectivity index (χ4v) is 1.99. The molecule has 0 amide bonds. The quantitative estimate of drug-likeness (QED) is 0.818. The Morgan fingerprint density at radius 2 is 1.61 bits per heavy atom. The molecule has 0 saturated heterocycles. The second-order valence-electron chi connectivity index (χ2n) is 3.80. The fourth-order valence-electron chi connectivity index (χ4n) is 1.57. The van der Waals surface area contributed by atoms with Gasteiger partial charge in [0.05, 0.1) is 5.97 Å². The van der Waals surface area contributed by atoms with Gasteiger partial charge in [-0.15, -0.1) is 0 Å². The van der Waals surface area contributed by atoms with E-state index in [1.165, 1.54) is 6.07 Å². The second-order valence-corrected chi connectivity index (χ2v) is 4.72. The minimum atomic E-state index is -1.16. The molecule has 0 aliphatic heterocycles. The maximum atomic E-state index is 10.7. The van der Waals surface area contributed by atoms with Crippen molar-refractivity contribution >= 4 is 34.1 Å². The van der Waals surface area contributed by atoms with Gasteiger partial charge in [-0.1, -0.05) is 58.4 Å². The van der Waals surface area contributed by atoms with Crippen molar-refractivity contribution in [1.29, 1.82) is 0 Å². The van der Waals surface area contributed by atoms with Crippen molar-refractivity contribution in [2.45, 2.75) is 0 Å². The van der Waals surface area contributed by atoms with E-state index in [4.69, 9.17) is 0 Å². The van der Waals surface area contributed by atoms with Crippen molar-refractivity contribution in [3.8, 4) is 0 Å². The number of halogens is 1. The number of carboxylic acids is 1. The third-order valence-corrected chi connectivity index (χ3v) is 2.93. The van der Waals surface area contributed by atoms with Gasteiger partial charge in [0.2, 0.25) is 0 Å². The largest absolute Gasteiger partial charge is 0.545 e. The molecule has 3 heteroatoms.